The van der Waals surface area contributed by atoms with Gasteiger partial charge in [-0.3, -0.25) is 9.59 Å². The monoisotopic (exact) mass is 350 g/mol. The van der Waals surface area contributed by atoms with Gasteiger partial charge in [-0.1, -0.05) is 0 Å². The Kier molecular flexibility index (Phi) is 4.98. The zero-order chi connectivity index (χ0) is 18.5. The fourth-order valence-corrected chi connectivity index (χ4v) is 2.46. The first-order valence-electron chi connectivity index (χ1n) is 7.94. The number of nitrogens with zero attached hydrogens (tertiary/aromatic N) is 2. The number of carbonyl (C=O) groups is 2. The van der Waals surface area contributed by atoms with Gasteiger partial charge >= 0.3 is 0 Å². The van der Waals surface area contributed by atoms with E-state index < -0.39 is 0 Å². The van der Waals surface area contributed by atoms with Crippen LogP contribution < -0.4 is 15.4 Å². The van der Waals surface area contributed by atoms with Gasteiger partial charge < -0.3 is 15.4 Å². The minimum atomic E-state index is -0.254. The van der Waals surface area contributed by atoms with Crippen molar-refractivity contribution >= 4 is 23.2 Å². The average molecular weight is 350 g/mol. The van der Waals surface area contributed by atoms with Crippen molar-refractivity contribution in [1.29, 1.82) is 0 Å². The minimum Gasteiger partial charge on any atom is -0.495 e. The molecule has 0 atom stereocenters. The maximum Gasteiger partial charge on any atom is 0.255 e. The molecule has 0 saturated carbocycles. The zero-order valence-corrected chi connectivity index (χ0v) is 14.4. The van der Waals surface area contributed by atoms with Crippen LogP contribution in [0.5, 0.6) is 5.75 Å². The molecule has 0 radical (unpaired) electrons. The molecule has 2 amide bonds. The number of nitrogens with one attached hydrogen (secondary N) is 2. The Balaban J connectivity index is 1.76. The fourth-order valence-electron chi connectivity index (χ4n) is 2.46. The molecule has 0 aliphatic heterocycles. The molecule has 0 bridgehead atoms. The molecule has 0 fully saturated rings. The summed E-state index contributed by atoms with van der Waals surface area (Å²) in [5.41, 5.74) is 2.42. The second kappa shape index (κ2) is 7.52. The highest BCUT2D eigenvalue weighted by atomic mass is 16.5. The number of methoxy groups -OCH3 is 1. The summed E-state index contributed by atoms with van der Waals surface area (Å²) in [7, 11) is 1.51. The summed E-state index contributed by atoms with van der Waals surface area (Å²) in [6, 6.07) is 14.0. The van der Waals surface area contributed by atoms with Gasteiger partial charge in [0.05, 0.1) is 18.5 Å². The Morgan fingerprint density at radius 1 is 1.08 bits per heavy atom. The number of rotatable bonds is 5. The molecule has 0 saturated heterocycles. The number of hydrogen-bond donors (Lipinski definition) is 2. The zero-order valence-electron chi connectivity index (χ0n) is 14.4. The summed E-state index contributed by atoms with van der Waals surface area (Å²) in [6.45, 7) is 1.41. The van der Waals surface area contributed by atoms with Crippen molar-refractivity contribution in [2.24, 2.45) is 0 Å². The first-order valence-corrected chi connectivity index (χ1v) is 7.94. The topological polar surface area (TPSA) is 85.2 Å². The van der Waals surface area contributed by atoms with Crippen LogP contribution in [-0.4, -0.2) is 28.7 Å². The largest absolute Gasteiger partial charge is 0.495 e. The van der Waals surface area contributed by atoms with Crippen LogP contribution in [0, 0.1) is 0 Å². The predicted molar refractivity (Wildman–Crippen MR) is 98.8 cm³/mol. The maximum atomic E-state index is 12.4. The highest BCUT2D eigenvalue weighted by Gasteiger charge is 2.10. The summed E-state index contributed by atoms with van der Waals surface area (Å²) in [4.78, 5) is 23.8. The van der Waals surface area contributed by atoms with Crippen LogP contribution in [0.3, 0.4) is 0 Å². The molecular weight excluding hydrogens is 332 g/mol. The lowest BCUT2D eigenvalue weighted by Crippen LogP contribution is -2.13. The Labute approximate surface area is 150 Å². The number of amides is 2. The molecule has 2 N–H and O–H groups in total. The van der Waals surface area contributed by atoms with Crippen LogP contribution in [0.4, 0.5) is 11.4 Å². The van der Waals surface area contributed by atoms with Crippen LogP contribution in [0.15, 0.2) is 60.9 Å². The van der Waals surface area contributed by atoms with Crippen LogP contribution in [0.25, 0.3) is 5.69 Å². The molecule has 132 valence electrons. The van der Waals surface area contributed by atoms with Crippen molar-refractivity contribution in [2.45, 2.75) is 6.92 Å². The SMILES string of the molecule is COc1ccc(NC(=O)c2ccc(-n3cccn3)cc2)cc1NC(C)=O. The minimum absolute atomic E-state index is 0.221. The number of anilines is 2. The lowest BCUT2D eigenvalue weighted by Gasteiger charge is -2.12. The lowest BCUT2D eigenvalue weighted by atomic mass is 10.2. The van der Waals surface area contributed by atoms with E-state index in [0.717, 1.165) is 5.69 Å². The number of hydrogen-bond acceptors (Lipinski definition) is 4. The van der Waals surface area contributed by atoms with E-state index in [9.17, 15) is 9.59 Å². The van der Waals surface area contributed by atoms with Gasteiger partial charge in [0.1, 0.15) is 5.75 Å². The quantitative estimate of drug-likeness (QED) is 0.740. The van der Waals surface area contributed by atoms with E-state index in [1.165, 1.54) is 14.0 Å². The molecular formula is C19H18N4O3. The van der Waals surface area contributed by atoms with Gasteiger partial charge in [0.25, 0.3) is 5.91 Å². The molecule has 0 spiro atoms. The average Bonchev–Trinajstić information content (AvgIpc) is 3.16. The number of benzene rings is 2. The molecule has 0 unspecified atom stereocenters. The molecule has 26 heavy (non-hydrogen) atoms. The molecule has 3 rings (SSSR count). The van der Waals surface area contributed by atoms with Gasteiger partial charge in [0, 0.05) is 30.6 Å². The van der Waals surface area contributed by atoms with Crippen molar-refractivity contribution in [3.05, 3.63) is 66.5 Å². The molecule has 1 aromatic heterocycles. The molecule has 2 aromatic carbocycles. The number of ether oxygens (including phenoxy) is 1. The van der Waals surface area contributed by atoms with Crippen molar-refractivity contribution in [2.75, 3.05) is 17.7 Å². The van der Waals surface area contributed by atoms with Crippen molar-refractivity contribution in [1.82, 2.24) is 9.78 Å². The lowest BCUT2D eigenvalue weighted by molar-refractivity contribution is -0.114. The maximum absolute atomic E-state index is 12.4. The van der Waals surface area contributed by atoms with E-state index in [2.05, 4.69) is 15.7 Å². The van der Waals surface area contributed by atoms with Crippen molar-refractivity contribution in [3.63, 3.8) is 0 Å². The van der Waals surface area contributed by atoms with Gasteiger partial charge in [0.2, 0.25) is 5.91 Å². The van der Waals surface area contributed by atoms with E-state index in [1.54, 1.807) is 41.2 Å². The number of aromatic nitrogens is 2. The van der Waals surface area contributed by atoms with E-state index in [-0.39, 0.29) is 11.8 Å². The Morgan fingerprint density at radius 3 is 2.46 bits per heavy atom. The van der Waals surface area contributed by atoms with Gasteiger partial charge in [-0.05, 0) is 48.5 Å². The fraction of sp³-hybridized carbons (Fsp3) is 0.105. The summed E-state index contributed by atoms with van der Waals surface area (Å²) in [6.07, 6.45) is 3.52. The molecule has 1 heterocycles. The smallest absolute Gasteiger partial charge is 0.255 e. The third-order valence-corrected chi connectivity index (χ3v) is 3.67. The first-order chi connectivity index (χ1) is 12.6. The van der Waals surface area contributed by atoms with Gasteiger partial charge in [-0.25, -0.2) is 4.68 Å². The molecule has 0 aliphatic carbocycles. The van der Waals surface area contributed by atoms with E-state index >= 15 is 0 Å². The highest BCUT2D eigenvalue weighted by molar-refractivity contribution is 6.05. The molecule has 3 aromatic rings. The second-order valence-electron chi connectivity index (χ2n) is 5.55. The van der Waals surface area contributed by atoms with E-state index in [0.29, 0.717) is 22.7 Å². The summed E-state index contributed by atoms with van der Waals surface area (Å²) >= 11 is 0. The Bertz CT molecular complexity index is 918. The predicted octanol–water partition coefficient (Wildman–Crippen LogP) is 3.09. The van der Waals surface area contributed by atoms with Crippen molar-refractivity contribution in [3.8, 4) is 11.4 Å². The summed E-state index contributed by atoms with van der Waals surface area (Å²) < 4.78 is 6.92. The first kappa shape index (κ1) is 17.2. The summed E-state index contributed by atoms with van der Waals surface area (Å²) in [5.74, 6) is 0.0405. The van der Waals surface area contributed by atoms with Crippen molar-refractivity contribution < 1.29 is 14.3 Å². The Hall–Kier alpha value is -3.61. The third kappa shape index (κ3) is 3.89. The Morgan fingerprint density at radius 2 is 1.85 bits per heavy atom. The van der Waals surface area contributed by atoms with Crippen LogP contribution in [0.2, 0.25) is 0 Å². The van der Waals surface area contributed by atoms with E-state index in [1.807, 2.05) is 24.4 Å². The number of carbonyl (C=O) groups excluding carboxylic acids is 2. The van der Waals surface area contributed by atoms with Crippen LogP contribution in [-0.2, 0) is 4.79 Å². The summed E-state index contributed by atoms with van der Waals surface area (Å²) in [5, 5.41) is 9.63. The standard InChI is InChI=1S/C19H18N4O3/c1-13(24)21-17-12-15(6-9-18(17)26-2)22-19(25)14-4-7-16(8-5-14)23-11-3-10-20-23/h3-12H,1-2H3,(H,21,24)(H,22,25). The van der Waals surface area contributed by atoms with E-state index in [4.69, 9.17) is 4.74 Å². The highest BCUT2D eigenvalue weighted by Crippen LogP contribution is 2.28. The second-order valence-corrected chi connectivity index (χ2v) is 5.55. The molecule has 0 aliphatic rings. The van der Waals surface area contributed by atoms with Gasteiger partial charge in [-0.2, -0.15) is 5.10 Å². The van der Waals surface area contributed by atoms with Gasteiger partial charge in [-0.15, -0.1) is 0 Å². The normalized spacial score (nSPS) is 10.2. The van der Waals surface area contributed by atoms with Crippen LogP contribution in [0.1, 0.15) is 17.3 Å². The molecule has 7 heteroatoms. The third-order valence-electron chi connectivity index (χ3n) is 3.67. The molecule has 7 nitrogen and oxygen atoms in total. The van der Waals surface area contributed by atoms with Crippen LogP contribution >= 0.6 is 0 Å². The van der Waals surface area contributed by atoms with Gasteiger partial charge in [0.15, 0.2) is 0 Å².